The topological polar surface area (TPSA) is 56.5 Å². The zero-order valence-electron chi connectivity index (χ0n) is 16.4. The molecule has 2 aromatic carbocycles. The Morgan fingerprint density at radius 2 is 1.40 bits per heavy atom. The van der Waals surface area contributed by atoms with Gasteiger partial charge in [-0.05, 0) is 13.0 Å². The van der Waals surface area contributed by atoms with Gasteiger partial charge in [-0.15, -0.1) is 0 Å². The number of aromatic nitrogens is 1. The van der Waals surface area contributed by atoms with Crippen LogP contribution in [0.3, 0.4) is 0 Å². The summed E-state index contributed by atoms with van der Waals surface area (Å²) in [6.07, 6.45) is 1.82. The van der Waals surface area contributed by atoms with Crippen molar-refractivity contribution in [1.82, 2.24) is 0 Å². The summed E-state index contributed by atoms with van der Waals surface area (Å²) in [5, 5.41) is 1.45. The molecule has 0 fully saturated rings. The van der Waals surface area contributed by atoms with E-state index in [2.05, 4.69) is 0 Å². The number of carbonyl (C=O) groups excluding carboxylic acids is 2. The van der Waals surface area contributed by atoms with Gasteiger partial charge in [0.05, 0.1) is 14.2 Å². The molecule has 0 aliphatic heterocycles. The lowest BCUT2D eigenvalue weighted by molar-refractivity contribution is -0.597. The Hall–Kier alpha value is -3.43. The van der Waals surface area contributed by atoms with Gasteiger partial charge in [0.25, 0.3) is 0 Å². The average Bonchev–Trinajstić information content (AvgIpc) is 2.70. The summed E-state index contributed by atoms with van der Waals surface area (Å²) in [7, 11) is -3.42. The van der Waals surface area contributed by atoms with Crippen molar-refractivity contribution in [1.29, 1.82) is 0 Å². The summed E-state index contributed by atoms with van der Waals surface area (Å²) in [6.45, 7) is 1.98. The van der Waals surface area contributed by atoms with E-state index >= 15 is 0 Å². The molecule has 3 rings (SSSR count). The minimum Gasteiger partial charge on any atom is -0.465 e. The van der Waals surface area contributed by atoms with Crippen LogP contribution in [0.2, 0.25) is 0 Å². The molecule has 0 radical (unpaired) electrons. The molecule has 1 aromatic heterocycles. The molecule has 30 heavy (non-hydrogen) atoms. The second-order valence-corrected chi connectivity index (χ2v) is 6.12. The first-order valence-electron chi connectivity index (χ1n) is 8.65. The maximum absolute atomic E-state index is 12.5. The number of hydrogen-bond donors (Lipinski definition) is 0. The second-order valence-electron chi connectivity index (χ2n) is 6.12. The summed E-state index contributed by atoms with van der Waals surface area (Å²) in [5.41, 5.74) is 2.17. The van der Waals surface area contributed by atoms with Crippen molar-refractivity contribution in [2.24, 2.45) is 0 Å². The average molecular weight is 423 g/mol. The summed E-state index contributed by atoms with van der Waals surface area (Å²) < 4.78 is 50.5. The number of benzene rings is 2. The van der Waals surface area contributed by atoms with Crippen molar-refractivity contribution in [2.45, 2.75) is 6.92 Å². The lowest BCUT2D eigenvalue weighted by atomic mass is 10.0. The molecule has 0 N–H and O–H groups in total. The molecule has 0 bridgehead atoms. The molecule has 5 nitrogen and oxygen atoms in total. The molecule has 1 heterocycles. The number of rotatable bonds is 3. The monoisotopic (exact) mass is 423 g/mol. The van der Waals surface area contributed by atoms with E-state index in [4.69, 9.17) is 9.47 Å². The van der Waals surface area contributed by atoms with E-state index in [0.717, 1.165) is 16.6 Å². The molecule has 158 valence electrons. The third kappa shape index (κ3) is 5.56. The molecule has 10 heteroatoms. The summed E-state index contributed by atoms with van der Waals surface area (Å²) in [5.74, 6) is -1.19. The first-order valence-corrected chi connectivity index (χ1v) is 8.65. The predicted molar refractivity (Wildman–Crippen MR) is 103 cm³/mol. The standard InChI is InChI=1S/C20H18NO4.BF4/c1-13-8-10-15(11-9-13)21-12-14-6-4-5-7-16(14)17(19(22)24-2)18(21)20(23)25-3;2-1(3,4)5/h4-12H,1-3H3;/q+1;-1. The van der Waals surface area contributed by atoms with Gasteiger partial charge in [0.15, 0.2) is 6.20 Å². The van der Waals surface area contributed by atoms with Gasteiger partial charge >= 0.3 is 24.9 Å². The second kappa shape index (κ2) is 9.38. The number of pyridine rings is 1. The number of aryl methyl sites for hydroxylation is 1. The number of hydrogen-bond acceptors (Lipinski definition) is 4. The van der Waals surface area contributed by atoms with Gasteiger partial charge in [-0.2, -0.15) is 4.57 Å². The lowest BCUT2D eigenvalue weighted by Gasteiger charge is -2.10. The number of halogens is 4. The quantitative estimate of drug-likeness (QED) is 0.273. The van der Waals surface area contributed by atoms with Crippen LogP contribution in [0, 0.1) is 6.92 Å². The van der Waals surface area contributed by atoms with Gasteiger partial charge in [0.2, 0.25) is 5.69 Å². The first kappa shape index (κ1) is 22.9. The number of nitrogens with zero attached hydrogens (tertiary/aromatic N) is 1. The number of ether oxygens (including phenoxy) is 2. The van der Waals surface area contributed by atoms with Gasteiger partial charge in [-0.25, -0.2) is 9.59 Å². The maximum Gasteiger partial charge on any atom is 0.673 e. The fraction of sp³-hybridized carbons (Fsp3) is 0.150. The third-order valence-electron chi connectivity index (χ3n) is 4.06. The fourth-order valence-corrected chi connectivity index (χ4v) is 2.80. The molecule has 0 saturated heterocycles. The molecular formula is C20H18BF4NO4. The van der Waals surface area contributed by atoms with Gasteiger partial charge in [0, 0.05) is 22.9 Å². The van der Waals surface area contributed by atoms with Gasteiger partial charge in [0.1, 0.15) is 5.56 Å². The van der Waals surface area contributed by atoms with Gasteiger partial charge in [-0.1, -0.05) is 35.9 Å². The largest absolute Gasteiger partial charge is 0.673 e. The Kier molecular flexibility index (Phi) is 7.15. The predicted octanol–water partition coefficient (Wildman–Crippen LogP) is 4.30. The first-order chi connectivity index (χ1) is 14.1. The highest BCUT2D eigenvalue weighted by Gasteiger charge is 2.33. The zero-order chi connectivity index (χ0) is 22.5. The van der Waals surface area contributed by atoms with E-state index < -0.39 is 19.2 Å². The Labute approximate surface area is 169 Å². The normalized spacial score (nSPS) is 10.8. The summed E-state index contributed by atoms with van der Waals surface area (Å²) in [4.78, 5) is 25.0. The van der Waals surface area contributed by atoms with Crippen molar-refractivity contribution in [2.75, 3.05) is 14.2 Å². The van der Waals surface area contributed by atoms with E-state index in [1.54, 1.807) is 10.6 Å². The number of carbonyl (C=O) groups is 2. The SMILES string of the molecule is COC(=O)c1c(C(=O)OC)[n+](-c2ccc(C)cc2)cc2ccccc12.F[B-](F)(F)F. The highest BCUT2D eigenvalue weighted by Crippen LogP contribution is 2.22. The van der Waals surface area contributed by atoms with Crippen molar-refractivity contribution in [3.8, 4) is 5.69 Å². The molecule has 0 spiro atoms. The van der Waals surface area contributed by atoms with Crippen LogP contribution in [0.4, 0.5) is 17.3 Å². The van der Waals surface area contributed by atoms with Gasteiger partial charge in [-0.3, -0.25) is 0 Å². The van der Waals surface area contributed by atoms with Gasteiger partial charge < -0.3 is 26.7 Å². The van der Waals surface area contributed by atoms with Crippen molar-refractivity contribution < 1.29 is 40.9 Å². The van der Waals surface area contributed by atoms with Crippen LogP contribution < -0.4 is 4.57 Å². The smallest absolute Gasteiger partial charge is 0.465 e. The highest BCUT2D eigenvalue weighted by atomic mass is 19.5. The van der Waals surface area contributed by atoms with E-state index in [9.17, 15) is 26.9 Å². The van der Waals surface area contributed by atoms with E-state index in [0.29, 0.717) is 5.39 Å². The van der Waals surface area contributed by atoms with Crippen molar-refractivity contribution in [3.63, 3.8) is 0 Å². The van der Waals surface area contributed by atoms with Crippen molar-refractivity contribution in [3.05, 3.63) is 71.5 Å². The summed E-state index contributed by atoms with van der Waals surface area (Å²) >= 11 is 0. The highest BCUT2D eigenvalue weighted by molar-refractivity contribution is 6.50. The molecule has 0 aliphatic rings. The van der Waals surface area contributed by atoms with Crippen LogP contribution in [0.5, 0.6) is 0 Å². The number of esters is 2. The van der Waals surface area contributed by atoms with E-state index in [-0.39, 0.29) is 11.3 Å². The molecule has 0 amide bonds. The summed E-state index contributed by atoms with van der Waals surface area (Å²) in [6, 6.07) is 15.0. The van der Waals surface area contributed by atoms with Crippen LogP contribution in [0.1, 0.15) is 26.4 Å². The Morgan fingerprint density at radius 3 is 1.93 bits per heavy atom. The molecule has 0 atom stereocenters. The number of fused-ring (bicyclic) bond motifs is 1. The molecular weight excluding hydrogens is 405 g/mol. The van der Waals surface area contributed by atoms with E-state index in [1.807, 2.05) is 55.6 Å². The lowest BCUT2D eigenvalue weighted by Crippen LogP contribution is -2.40. The fourth-order valence-electron chi connectivity index (χ4n) is 2.80. The Balaban J connectivity index is 0.000000575. The minimum absolute atomic E-state index is 0.136. The van der Waals surface area contributed by atoms with Crippen molar-refractivity contribution >= 4 is 30.0 Å². The maximum atomic E-state index is 12.5. The molecule has 0 aliphatic carbocycles. The Morgan fingerprint density at radius 1 is 0.867 bits per heavy atom. The Bertz CT molecular complexity index is 1060. The van der Waals surface area contributed by atoms with Crippen LogP contribution >= 0.6 is 0 Å². The number of methoxy groups -OCH3 is 2. The molecule has 0 saturated carbocycles. The van der Waals surface area contributed by atoms with Crippen LogP contribution in [-0.4, -0.2) is 33.4 Å². The van der Waals surface area contributed by atoms with Crippen LogP contribution in [-0.2, 0) is 9.47 Å². The molecule has 3 aromatic rings. The zero-order valence-corrected chi connectivity index (χ0v) is 16.4. The van der Waals surface area contributed by atoms with Crippen LogP contribution in [0.15, 0.2) is 54.7 Å². The van der Waals surface area contributed by atoms with Crippen LogP contribution in [0.25, 0.3) is 16.5 Å². The van der Waals surface area contributed by atoms with E-state index in [1.165, 1.54) is 14.2 Å². The molecule has 0 unspecified atom stereocenters. The minimum atomic E-state index is -6.00. The third-order valence-corrected chi connectivity index (χ3v) is 4.06.